The van der Waals surface area contributed by atoms with E-state index in [2.05, 4.69) is 37.3 Å². The Morgan fingerprint density at radius 3 is 2.62 bits per heavy atom. The first-order valence-electron chi connectivity index (χ1n) is 10.8. The molecule has 1 atom stereocenters. The molecule has 4 rings (SSSR count). The van der Waals surface area contributed by atoms with E-state index in [0.717, 1.165) is 50.0 Å². The Labute approximate surface area is 173 Å². The predicted octanol–water partition coefficient (Wildman–Crippen LogP) is 5.56. The minimum atomic E-state index is -0.0555. The van der Waals surface area contributed by atoms with E-state index < -0.39 is 0 Å². The van der Waals surface area contributed by atoms with Crippen molar-refractivity contribution < 1.29 is 19.0 Å². The van der Waals surface area contributed by atoms with Crippen molar-refractivity contribution in [2.24, 2.45) is 5.92 Å². The van der Waals surface area contributed by atoms with E-state index in [-0.39, 0.29) is 24.1 Å². The van der Waals surface area contributed by atoms with Crippen LogP contribution in [-0.4, -0.2) is 18.7 Å². The molecule has 4 heteroatoms. The number of carbonyl (C=O) groups excluding carboxylic acids is 1. The zero-order valence-corrected chi connectivity index (χ0v) is 17.4. The Morgan fingerprint density at radius 1 is 1.07 bits per heavy atom. The van der Waals surface area contributed by atoms with E-state index in [0.29, 0.717) is 6.61 Å². The second-order valence-electron chi connectivity index (χ2n) is 8.11. The minimum Gasteiger partial charge on any atom is -0.490 e. The van der Waals surface area contributed by atoms with Gasteiger partial charge in [-0.2, -0.15) is 0 Å². The molecule has 0 saturated heterocycles. The van der Waals surface area contributed by atoms with Gasteiger partial charge in [0.2, 0.25) is 0 Å². The molecule has 2 aliphatic rings. The van der Waals surface area contributed by atoms with Crippen LogP contribution in [0.25, 0.3) is 0 Å². The fourth-order valence-electron chi connectivity index (χ4n) is 4.47. The lowest BCUT2D eigenvalue weighted by molar-refractivity contribution is -0.149. The third kappa shape index (κ3) is 4.58. The molecule has 0 N–H and O–H groups in total. The van der Waals surface area contributed by atoms with Gasteiger partial charge in [0.25, 0.3) is 0 Å². The normalized spacial score (nSPS) is 23.6. The van der Waals surface area contributed by atoms with Gasteiger partial charge in [-0.3, -0.25) is 4.79 Å². The van der Waals surface area contributed by atoms with Gasteiger partial charge in [0.05, 0.1) is 18.6 Å². The smallest absolute Gasteiger partial charge is 0.308 e. The molecule has 1 heterocycles. The third-order valence-electron chi connectivity index (χ3n) is 6.11. The number of ether oxygens (including phenoxy) is 3. The standard InChI is InChI=1S/C25H30O4/c1-3-27-25(26)18-8-11-20(12-9-18)28-21-13-15-23-19(16-21)10-14-24(29-23)22-7-5-4-6-17(22)2/h4-7,13,15-16,18,20,24H,3,8-12,14H2,1-2H3/t18-,20-,24-/m0/s1. The van der Waals surface area contributed by atoms with Crippen LogP contribution in [0.1, 0.15) is 61.8 Å². The molecule has 0 radical (unpaired) electrons. The van der Waals surface area contributed by atoms with E-state index in [1.807, 2.05) is 19.1 Å². The highest BCUT2D eigenvalue weighted by atomic mass is 16.5. The molecule has 29 heavy (non-hydrogen) atoms. The van der Waals surface area contributed by atoms with Crippen LogP contribution in [0, 0.1) is 12.8 Å². The van der Waals surface area contributed by atoms with Gasteiger partial charge < -0.3 is 14.2 Å². The van der Waals surface area contributed by atoms with Crippen LogP contribution in [0.5, 0.6) is 11.5 Å². The first-order valence-corrected chi connectivity index (χ1v) is 10.8. The summed E-state index contributed by atoms with van der Waals surface area (Å²) >= 11 is 0. The van der Waals surface area contributed by atoms with E-state index >= 15 is 0 Å². The highest BCUT2D eigenvalue weighted by Gasteiger charge is 2.29. The van der Waals surface area contributed by atoms with Gasteiger partial charge in [0, 0.05) is 0 Å². The topological polar surface area (TPSA) is 44.8 Å². The Hall–Kier alpha value is -2.49. The molecule has 0 amide bonds. The molecule has 154 valence electrons. The highest BCUT2D eigenvalue weighted by Crippen LogP contribution is 2.38. The van der Waals surface area contributed by atoms with Gasteiger partial charge in [-0.15, -0.1) is 0 Å². The summed E-state index contributed by atoms with van der Waals surface area (Å²) in [6, 6.07) is 14.6. The van der Waals surface area contributed by atoms with Gasteiger partial charge >= 0.3 is 5.97 Å². The van der Waals surface area contributed by atoms with E-state index in [4.69, 9.17) is 14.2 Å². The van der Waals surface area contributed by atoms with Crippen molar-refractivity contribution in [3.63, 3.8) is 0 Å². The van der Waals surface area contributed by atoms with E-state index in [9.17, 15) is 4.79 Å². The molecule has 1 aliphatic carbocycles. The van der Waals surface area contributed by atoms with Gasteiger partial charge in [-0.1, -0.05) is 24.3 Å². The van der Waals surface area contributed by atoms with E-state index in [1.165, 1.54) is 16.7 Å². The second kappa shape index (κ2) is 8.89. The predicted molar refractivity (Wildman–Crippen MR) is 112 cm³/mol. The molecule has 0 bridgehead atoms. The van der Waals surface area contributed by atoms with Crippen molar-refractivity contribution in [1.29, 1.82) is 0 Å². The summed E-state index contributed by atoms with van der Waals surface area (Å²) in [5, 5.41) is 0. The molecule has 0 aromatic heterocycles. The van der Waals surface area contributed by atoms with Crippen molar-refractivity contribution in [2.75, 3.05) is 6.61 Å². The highest BCUT2D eigenvalue weighted by molar-refractivity contribution is 5.72. The summed E-state index contributed by atoms with van der Waals surface area (Å²) in [4.78, 5) is 11.9. The number of benzene rings is 2. The number of hydrogen-bond acceptors (Lipinski definition) is 4. The molecule has 4 nitrogen and oxygen atoms in total. The lowest BCUT2D eigenvalue weighted by Crippen LogP contribution is -2.29. The number of hydrogen-bond donors (Lipinski definition) is 0. The number of fused-ring (bicyclic) bond motifs is 1. The maximum Gasteiger partial charge on any atom is 0.308 e. The van der Waals surface area contributed by atoms with E-state index in [1.54, 1.807) is 0 Å². The Kier molecular flexibility index (Phi) is 6.08. The average Bonchev–Trinajstić information content (AvgIpc) is 2.74. The Bertz CT molecular complexity index is 852. The number of carbonyl (C=O) groups is 1. The first-order chi connectivity index (χ1) is 14.1. The third-order valence-corrected chi connectivity index (χ3v) is 6.11. The summed E-state index contributed by atoms with van der Waals surface area (Å²) < 4.78 is 17.7. The lowest BCUT2D eigenvalue weighted by atomic mass is 9.87. The summed E-state index contributed by atoms with van der Waals surface area (Å²) in [5.74, 6) is 1.84. The quantitative estimate of drug-likeness (QED) is 0.623. The molecule has 1 aliphatic heterocycles. The van der Waals surface area contributed by atoms with Gasteiger partial charge in [0.15, 0.2) is 0 Å². The molecular formula is C25H30O4. The summed E-state index contributed by atoms with van der Waals surface area (Å²) in [5.41, 5.74) is 3.77. The van der Waals surface area contributed by atoms with Crippen molar-refractivity contribution in [2.45, 2.75) is 64.6 Å². The van der Waals surface area contributed by atoms with Gasteiger partial charge in [0.1, 0.15) is 17.6 Å². The lowest BCUT2D eigenvalue weighted by Gasteiger charge is -2.30. The average molecular weight is 395 g/mol. The summed E-state index contributed by atoms with van der Waals surface area (Å²) in [7, 11) is 0. The second-order valence-corrected chi connectivity index (χ2v) is 8.11. The summed E-state index contributed by atoms with van der Waals surface area (Å²) in [6.45, 7) is 4.45. The largest absolute Gasteiger partial charge is 0.490 e. The zero-order valence-electron chi connectivity index (χ0n) is 17.4. The zero-order chi connectivity index (χ0) is 20.2. The number of rotatable bonds is 5. The SMILES string of the molecule is CCOC(=O)[C@H]1CC[C@H](Oc2ccc3c(c2)CC[C@@H](c2ccccc2C)O3)CC1. The van der Waals surface area contributed by atoms with Crippen LogP contribution in [-0.2, 0) is 16.0 Å². The number of aryl methyl sites for hydroxylation is 2. The first kappa shape index (κ1) is 19.8. The van der Waals surface area contributed by atoms with Crippen molar-refractivity contribution in [1.82, 2.24) is 0 Å². The monoisotopic (exact) mass is 394 g/mol. The van der Waals surface area contributed by atoms with Crippen molar-refractivity contribution >= 4 is 5.97 Å². The Morgan fingerprint density at radius 2 is 1.86 bits per heavy atom. The van der Waals surface area contributed by atoms with Gasteiger partial charge in [-0.05, 0) is 87.3 Å². The molecule has 2 aromatic rings. The maximum atomic E-state index is 11.9. The van der Waals surface area contributed by atoms with Crippen LogP contribution >= 0.6 is 0 Å². The molecule has 0 unspecified atom stereocenters. The molecule has 0 spiro atoms. The van der Waals surface area contributed by atoms with Crippen molar-refractivity contribution in [3.8, 4) is 11.5 Å². The molecular weight excluding hydrogens is 364 g/mol. The fourth-order valence-corrected chi connectivity index (χ4v) is 4.47. The van der Waals surface area contributed by atoms with Crippen LogP contribution < -0.4 is 9.47 Å². The molecule has 2 aromatic carbocycles. The minimum absolute atomic E-state index is 0.0325. The Balaban J connectivity index is 1.35. The molecule has 1 fully saturated rings. The fraction of sp³-hybridized carbons (Fsp3) is 0.480. The van der Waals surface area contributed by atoms with Crippen LogP contribution in [0.2, 0.25) is 0 Å². The van der Waals surface area contributed by atoms with Gasteiger partial charge in [-0.25, -0.2) is 0 Å². The van der Waals surface area contributed by atoms with Crippen LogP contribution in [0.4, 0.5) is 0 Å². The summed E-state index contributed by atoms with van der Waals surface area (Å²) in [6.07, 6.45) is 5.73. The molecule has 1 saturated carbocycles. The maximum absolute atomic E-state index is 11.9. The van der Waals surface area contributed by atoms with Crippen LogP contribution in [0.15, 0.2) is 42.5 Å². The number of esters is 1. The van der Waals surface area contributed by atoms with Crippen molar-refractivity contribution in [3.05, 3.63) is 59.2 Å². The van der Waals surface area contributed by atoms with Crippen LogP contribution in [0.3, 0.4) is 0 Å².